The Kier molecular flexibility index (Phi) is 8.34. The number of nitrogens with zero attached hydrogens (tertiary/aromatic N) is 1. The second kappa shape index (κ2) is 11.8. The first-order valence-corrected chi connectivity index (χ1v) is 15.0. The highest BCUT2D eigenvalue weighted by atomic mass is 16.5. The molecule has 0 spiro atoms. The van der Waals surface area contributed by atoms with Gasteiger partial charge in [-0.05, 0) is 102 Å². The van der Waals surface area contributed by atoms with Gasteiger partial charge in [0.15, 0.2) is 0 Å². The molecule has 216 valence electrons. The van der Waals surface area contributed by atoms with Crippen LogP contribution in [0.25, 0.3) is 11.1 Å². The predicted octanol–water partition coefficient (Wildman–Crippen LogP) is 7.68. The molecule has 1 amide bonds. The molecule has 6 nitrogen and oxygen atoms in total. The number of carbonyl (C=O) groups excluding carboxylic acids is 1. The van der Waals surface area contributed by atoms with Gasteiger partial charge in [0.25, 0.3) is 0 Å². The summed E-state index contributed by atoms with van der Waals surface area (Å²) < 4.78 is 24.5. The molecule has 2 aromatic rings. The number of likely N-dealkylation sites (tertiary alicyclic amines) is 1. The molecule has 0 N–H and O–H groups in total. The number of carbonyl (C=O) groups is 1. The van der Waals surface area contributed by atoms with Crippen LogP contribution in [0.3, 0.4) is 0 Å². The Morgan fingerprint density at radius 3 is 1.98 bits per heavy atom. The van der Waals surface area contributed by atoms with Gasteiger partial charge in [-0.25, -0.2) is 0 Å². The number of unbranched alkanes of at least 4 members (excludes halogenated alkanes) is 2. The summed E-state index contributed by atoms with van der Waals surface area (Å²) in [5.74, 6) is 3.66. The number of piperidine rings is 1. The molecule has 0 saturated carbocycles. The Morgan fingerprint density at radius 1 is 0.800 bits per heavy atom. The number of ether oxygens (including phenoxy) is 4. The van der Waals surface area contributed by atoms with Crippen LogP contribution in [0.1, 0.15) is 96.6 Å². The highest BCUT2D eigenvalue weighted by molar-refractivity contribution is 5.96. The molecular weight excluding hydrogens is 502 g/mol. The van der Waals surface area contributed by atoms with Crippen molar-refractivity contribution in [2.24, 2.45) is 0 Å². The normalized spacial score (nSPS) is 21.0. The second-order valence-electron chi connectivity index (χ2n) is 12.7. The van der Waals surface area contributed by atoms with Crippen molar-refractivity contribution in [1.82, 2.24) is 4.90 Å². The van der Waals surface area contributed by atoms with Gasteiger partial charge in [-0.1, -0.05) is 0 Å². The average molecular weight is 548 g/mol. The van der Waals surface area contributed by atoms with Gasteiger partial charge in [0, 0.05) is 55.6 Å². The van der Waals surface area contributed by atoms with Crippen LogP contribution in [-0.4, -0.2) is 48.8 Å². The third-order valence-corrected chi connectivity index (χ3v) is 8.15. The van der Waals surface area contributed by atoms with Crippen molar-refractivity contribution < 1.29 is 23.7 Å². The largest absolute Gasteiger partial charge is 0.497 e. The van der Waals surface area contributed by atoms with Crippen molar-refractivity contribution in [3.05, 3.63) is 47.5 Å². The van der Waals surface area contributed by atoms with Crippen LogP contribution in [0.4, 0.5) is 0 Å². The number of hydrogen-bond acceptors (Lipinski definition) is 5. The monoisotopic (exact) mass is 547 g/mol. The minimum absolute atomic E-state index is 0.315. The molecule has 0 unspecified atom stereocenters. The van der Waals surface area contributed by atoms with Crippen LogP contribution in [-0.2, 0) is 4.79 Å². The molecule has 1 fully saturated rings. The zero-order valence-electron chi connectivity index (χ0n) is 24.9. The molecule has 0 bridgehead atoms. The summed E-state index contributed by atoms with van der Waals surface area (Å²) in [6, 6.07) is 12.3. The van der Waals surface area contributed by atoms with Gasteiger partial charge in [-0.3, -0.25) is 4.79 Å². The van der Waals surface area contributed by atoms with E-state index in [1.54, 1.807) is 7.11 Å². The Balaban J connectivity index is 1.27. The SMILES string of the molecule is COc1ccc2c(c1)OC(C)(C)C/C2=C1/CC(C)(C)Oc2cc(OCCCCCC(=O)N3CCCCC3)ccc21. The molecule has 5 rings (SSSR count). The predicted molar refractivity (Wildman–Crippen MR) is 159 cm³/mol. The Labute approximate surface area is 239 Å². The van der Waals surface area contributed by atoms with Gasteiger partial charge >= 0.3 is 0 Å². The molecule has 0 radical (unpaired) electrons. The second-order valence-corrected chi connectivity index (χ2v) is 12.7. The van der Waals surface area contributed by atoms with Gasteiger partial charge in [0.1, 0.15) is 34.2 Å². The van der Waals surface area contributed by atoms with Crippen LogP contribution in [0, 0.1) is 0 Å². The highest BCUT2D eigenvalue weighted by Gasteiger charge is 2.37. The Morgan fingerprint density at radius 2 is 1.38 bits per heavy atom. The molecule has 40 heavy (non-hydrogen) atoms. The van der Waals surface area contributed by atoms with Gasteiger partial charge in [-0.2, -0.15) is 0 Å². The molecule has 6 heteroatoms. The van der Waals surface area contributed by atoms with Crippen molar-refractivity contribution in [3.8, 4) is 23.0 Å². The van der Waals surface area contributed by atoms with Crippen molar-refractivity contribution in [2.45, 2.75) is 96.7 Å². The summed E-state index contributed by atoms with van der Waals surface area (Å²) in [5.41, 5.74) is 4.18. The first-order chi connectivity index (χ1) is 19.1. The lowest BCUT2D eigenvalue weighted by Crippen LogP contribution is -2.35. The van der Waals surface area contributed by atoms with Crippen molar-refractivity contribution in [2.75, 3.05) is 26.8 Å². The van der Waals surface area contributed by atoms with Crippen LogP contribution < -0.4 is 18.9 Å². The van der Waals surface area contributed by atoms with Gasteiger partial charge in [-0.15, -0.1) is 0 Å². The fraction of sp³-hybridized carbons (Fsp3) is 0.559. The smallest absolute Gasteiger partial charge is 0.222 e. The standard InChI is InChI=1S/C34H45NO5/c1-33(2)22-28(26-15-13-24(37-5)20-30(26)39-33)29-23-34(3,4)40-31-21-25(14-16-27(29)31)38-19-11-6-8-12-32(36)35-17-9-7-10-18-35/h13-16,20-21H,6-12,17-19,22-23H2,1-5H3/b29-28+. The number of amides is 1. The van der Waals surface area contributed by atoms with E-state index < -0.39 is 0 Å². The molecule has 0 aromatic heterocycles. The molecule has 3 heterocycles. The molecule has 2 aromatic carbocycles. The lowest BCUT2D eigenvalue weighted by atomic mass is 9.79. The minimum Gasteiger partial charge on any atom is -0.497 e. The summed E-state index contributed by atoms with van der Waals surface area (Å²) in [6.45, 7) is 11.1. The van der Waals surface area contributed by atoms with E-state index in [0.29, 0.717) is 18.9 Å². The van der Waals surface area contributed by atoms with E-state index in [2.05, 4.69) is 45.9 Å². The summed E-state index contributed by atoms with van der Waals surface area (Å²) in [4.78, 5) is 14.4. The van der Waals surface area contributed by atoms with Crippen LogP contribution in [0.2, 0.25) is 0 Å². The molecular formula is C34H45NO5. The van der Waals surface area contributed by atoms with E-state index in [9.17, 15) is 4.79 Å². The number of methoxy groups -OCH3 is 1. The molecule has 3 aliphatic rings. The third-order valence-electron chi connectivity index (χ3n) is 8.15. The third kappa shape index (κ3) is 6.59. The van der Waals surface area contributed by atoms with Crippen molar-refractivity contribution in [1.29, 1.82) is 0 Å². The number of hydrogen-bond donors (Lipinski definition) is 0. The number of benzene rings is 2. The zero-order chi connectivity index (χ0) is 28.3. The summed E-state index contributed by atoms with van der Waals surface area (Å²) in [6.07, 6.45) is 8.67. The fourth-order valence-electron chi connectivity index (χ4n) is 6.18. The van der Waals surface area contributed by atoms with Gasteiger partial charge in [0.2, 0.25) is 5.91 Å². The number of fused-ring (bicyclic) bond motifs is 2. The molecule has 3 aliphatic heterocycles. The molecule has 0 atom stereocenters. The summed E-state index contributed by atoms with van der Waals surface area (Å²) in [5, 5.41) is 0. The summed E-state index contributed by atoms with van der Waals surface area (Å²) >= 11 is 0. The average Bonchev–Trinajstić information content (AvgIpc) is 2.92. The minimum atomic E-state index is -0.343. The van der Waals surface area contributed by atoms with Crippen LogP contribution in [0.15, 0.2) is 36.4 Å². The first kappa shape index (κ1) is 28.4. The Bertz CT molecular complexity index is 1250. The van der Waals surface area contributed by atoms with E-state index in [1.807, 2.05) is 23.1 Å². The van der Waals surface area contributed by atoms with Gasteiger partial charge < -0.3 is 23.8 Å². The van der Waals surface area contributed by atoms with Crippen molar-refractivity contribution in [3.63, 3.8) is 0 Å². The van der Waals surface area contributed by atoms with E-state index >= 15 is 0 Å². The lowest BCUT2D eigenvalue weighted by Gasteiger charge is -2.39. The van der Waals surface area contributed by atoms with E-state index in [1.165, 1.54) is 17.6 Å². The lowest BCUT2D eigenvalue weighted by molar-refractivity contribution is -0.132. The summed E-state index contributed by atoms with van der Waals surface area (Å²) in [7, 11) is 1.68. The topological polar surface area (TPSA) is 57.2 Å². The van der Waals surface area contributed by atoms with Gasteiger partial charge in [0.05, 0.1) is 13.7 Å². The fourth-order valence-corrected chi connectivity index (χ4v) is 6.18. The molecule has 0 aliphatic carbocycles. The van der Waals surface area contributed by atoms with E-state index in [0.717, 1.165) is 92.2 Å². The maximum atomic E-state index is 12.4. The highest BCUT2D eigenvalue weighted by Crippen LogP contribution is 2.50. The van der Waals surface area contributed by atoms with Crippen LogP contribution in [0.5, 0.6) is 23.0 Å². The van der Waals surface area contributed by atoms with Crippen molar-refractivity contribution >= 4 is 17.1 Å². The van der Waals surface area contributed by atoms with E-state index in [-0.39, 0.29) is 11.2 Å². The maximum Gasteiger partial charge on any atom is 0.222 e. The maximum absolute atomic E-state index is 12.4. The Hall–Kier alpha value is -3.15. The van der Waals surface area contributed by atoms with Crippen LogP contribution >= 0.6 is 0 Å². The first-order valence-electron chi connectivity index (χ1n) is 15.0. The number of rotatable bonds is 8. The van der Waals surface area contributed by atoms with E-state index in [4.69, 9.17) is 18.9 Å². The molecule has 1 saturated heterocycles. The zero-order valence-corrected chi connectivity index (χ0v) is 24.9. The quantitative estimate of drug-likeness (QED) is 0.317.